The number of rotatable bonds is 6. The third kappa shape index (κ3) is 4.39. The molecule has 1 fully saturated rings. The number of aromatic nitrogens is 2. The Balaban J connectivity index is 2.04. The van der Waals surface area contributed by atoms with Gasteiger partial charge in [-0.3, -0.25) is 4.79 Å². The van der Waals surface area contributed by atoms with Crippen LogP contribution in [0.2, 0.25) is 0 Å². The number of nitrogens with zero attached hydrogens (tertiary/aromatic N) is 3. The van der Waals surface area contributed by atoms with Gasteiger partial charge in [0.2, 0.25) is 0 Å². The average molecular weight is 404 g/mol. The van der Waals surface area contributed by atoms with E-state index in [1.807, 2.05) is 6.92 Å². The summed E-state index contributed by atoms with van der Waals surface area (Å²) in [6.07, 6.45) is 1.75. The molecule has 2 aromatic rings. The van der Waals surface area contributed by atoms with Crippen LogP contribution in [-0.4, -0.2) is 56.7 Å². The molecule has 150 valence electrons. The Kier molecular flexibility index (Phi) is 5.80. The van der Waals surface area contributed by atoms with Crippen molar-refractivity contribution < 1.29 is 13.2 Å². The molecular formula is C18H24N6O3S. The molecule has 1 saturated heterocycles. The van der Waals surface area contributed by atoms with E-state index >= 15 is 0 Å². The number of carbonyl (C=O) groups excluding carboxylic acids is 1. The molecule has 1 aliphatic rings. The number of primary amides is 1. The van der Waals surface area contributed by atoms with Crippen molar-refractivity contribution in [2.24, 2.45) is 5.73 Å². The normalized spacial score (nSPS) is 14.7. The maximum atomic E-state index is 12.0. The van der Waals surface area contributed by atoms with E-state index in [2.05, 4.69) is 25.5 Å². The van der Waals surface area contributed by atoms with Crippen LogP contribution in [0.4, 0.5) is 17.3 Å². The molecule has 9 nitrogen and oxygen atoms in total. The second-order valence-electron chi connectivity index (χ2n) is 6.57. The first-order valence-electron chi connectivity index (χ1n) is 9.03. The van der Waals surface area contributed by atoms with Crippen molar-refractivity contribution in [1.82, 2.24) is 15.3 Å². The van der Waals surface area contributed by atoms with Gasteiger partial charge in [-0.15, -0.1) is 0 Å². The Hall–Kier alpha value is -2.72. The molecule has 1 amide bonds. The number of carbonyl (C=O) groups is 1. The molecule has 10 heteroatoms. The second-order valence-corrected chi connectivity index (χ2v) is 8.59. The lowest BCUT2D eigenvalue weighted by Gasteiger charge is -2.30. The van der Waals surface area contributed by atoms with Gasteiger partial charge in [-0.25, -0.2) is 18.4 Å². The number of nitrogens with two attached hydrogens (primary N) is 1. The third-order valence-electron chi connectivity index (χ3n) is 4.46. The standard InChI is InChI=1S/C18H24N6O3S/c1-3-14-18(24-9-7-20-8-10-24)23-17(15(22-14)16(19)25)21-12-5-4-6-13(11-12)28(2,26)27/h4-6,11,20H,3,7-10H2,1-2H3,(H2,19,25)(H,21,23). The van der Waals surface area contributed by atoms with E-state index in [4.69, 9.17) is 5.73 Å². The number of amides is 1. The molecule has 3 rings (SSSR count). The van der Waals surface area contributed by atoms with E-state index in [0.717, 1.165) is 32.4 Å². The predicted molar refractivity (Wildman–Crippen MR) is 108 cm³/mol. The molecule has 28 heavy (non-hydrogen) atoms. The summed E-state index contributed by atoms with van der Waals surface area (Å²) in [7, 11) is -3.36. The van der Waals surface area contributed by atoms with Crippen molar-refractivity contribution >= 4 is 33.1 Å². The lowest BCUT2D eigenvalue weighted by Crippen LogP contribution is -2.44. The summed E-state index contributed by atoms with van der Waals surface area (Å²) in [6.45, 7) is 5.17. The molecule has 0 saturated carbocycles. The average Bonchev–Trinajstić information content (AvgIpc) is 2.67. The van der Waals surface area contributed by atoms with Crippen molar-refractivity contribution in [3.05, 3.63) is 35.7 Å². The number of piperazine rings is 1. The molecule has 0 aliphatic carbocycles. The van der Waals surface area contributed by atoms with E-state index in [0.29, 0.717) is 23.6 Å². The number of aryl methyl sites for hydroxylation is 1. The number of benzene rings is 1. The number of nitrogens with one attached hydrogen (secondary N) is 2. The van der Waals surface area contributed by atoms with Crippen LogP contribution < -0.4 is 21.3 Å². The number of anilines is 3. The highest BCUT2D eigenvalue weighted by atomic mass is 32.2. The molecule has 1 aromatic heterocycles. The minimum Gasteiger partial charge on any atom is -0.364 e. The summed E-state index contributed by atoms with van der Waals surface area (Å²) in [5.41, 5.74) is 6.73. The van der Waals surface area contributed by atoms with Crippen molar-refractivity contribution in [3.8, 4) is 0 Å². The smallest absolute Gasteiger partial charge is 0.271 e. The zero-order valence-electron chi connectivity index (χ0n) is 15.9. The summed E-state index contributed by atoms with van der Waals surface area (Å²) < 4.78 is 23.6. The maximum absolute atomic E-state index is 12.0. The third-order valence-corrected chi connectivity index (χ3v) is 5.57. The van der Waals surface area contributed by atoms with Crippen LogP contribution in [0.15, 0.2) is 29.2 Å². The zero-order valence-corrected chi connectivity index (χ0v) is 16.7. The van der Waals surface area contributed by atoms with Gasteiger partial charge < -0.3 is 21.3 Å². The first kappa shape index (κ1) is 20.0. The van der Waals surface area contributed by atoms with E-state index < -0.39 is 15.7 Å². The van der Waals surface area contributed by atoms with Crippen LogP contribution in [0, 0.1) is 0 Å². The van der Waals surface area contributed by atoms with Crippen LogP contribution in [0.5, 0.6) is 0 Å². The molecule has 1 aliphatic heterocycles. The Morgan fingerprint density at radius 3 is 2.61 bits per heavy atom. The van der Waals surface area contributed by atoms with Gasteiger partial charge in [-0.2, -0.15) is 0 Å². The molecule has 0 unspecified atom stereocenters. The molecule has 0 radical (unpaired) electrons. The molecule has 1 aromatic carbocycles. The fourth-order valence-corrected chi connectivity index (χ4v) is 3.70. The van der Waals surface area contributed by atoms with Gasteiger partial charge in [-0.05, 0) is 24.6 Å². The fraction of sp³-hybridized carbons (Fsp3) is 0.389. The number of hydrogen-bond donors (Lipinski definition) is 3. The van der Waals surface area contributed by atoms with Gasteiger partial charge in [-0.1, -0.05) is 13.0 Å². The first-order valence-corrected chi connectivity index (χ1v) is 10.9. The molecule has 0 bridgehead atoms. The van der Waals surface area contributed by atoms with Gasteiger partial charge in [0, 0.05) is 38.1 Å². The zero-order chi connectivity index (χ0) is 20.3. The first-order chi connectivity index (χ1) is 13.3. The Morgan fingerprint density at radius 1 is 1.29 bits per heavy atom. The molecule has 0 atom stereocenters. The molecule has 4 N–H and O–H groups in total. The molecule has 0 spiro atoms. The highest BCUT2D eigenvalue weighted by Gasteiger charge is 2.22. The van der Waals surface area contributed by atoms with Gasteiger partial charge in [0.05, 0.1) is 10.6 Å². The number of hydrogen-bond acceptors (Lipinski definition) is 8. The SMILES string of the molecule is CCc1nc(C(N)=O)c(Nc2cccc(S(C)(=O)=O)c2)nc1N1CCNCC1. The lowest BCUT2D eigenvalue weighted by molar-refractivity contribution is 0.0996. The largest absolute Gasteiger partial charge is 0.364 e. The Bertz CT molecular complexity index is 987. The van der Waals surface area contributed by atoms with E-state index in [-0.39, 0.29) is 16.4 Å². The van der Waals surface area contributed by atoms with Crippen LogP contribution >= 0.6 is 0 Å². The van der Waals surface area contributed by atoms with Crippen molar-refractivity contribution in [1.29, 1.82) is 0 Å². The van der Waals surface area contributed by atoms with Crippen molar-refractivity contribution in [2.45, 2.75) is 18.2 Å². The van der Waals surface area contributed by atoms with Crippen molar-refractivity contribution in [3.63, 3.8) is 0 Å². The van der Waals surface area contributed by atoms with Gasteiger partial charge >= 0.3 is 0 Å². The van der Waals surface area contributed by atoms with E-state index in [9.17, 15) is 13.2 Å². The lowest BCUT2D eigenvalue weighted by atomic mass is 10.2. The second kappa shape index (κ2) is 8.11. The van der Waals surface area contributed by atoms with E-state index in [1.54, 1.807) is 12.1 Å². The summed E-state index contributed by atoms with van der Waals surface area (Å²) in [5.74, 6) is 0.218. The monoisotopic (exact) mass is 404 g/mol. The quantitative estimate of drug-likeness (QED) is 0.641. The van der Waals surface area contributed by atoms with E-state index in [1.165, 1.54) is 12.1 Å². The highest BCUT2D eigenvalue weighted by molar-refractivity contribution is 7.90. The van der Waals surface area contributed by atoms with Crippen molar-refractivity contribution in [2.75, 3.05) is 42.7 Å². The van der Waals surface area contributed by atoms with Gasteiger partial charge in [0.1, 0.15) is 0 Å². The van der Waals surface area contributed by atoms with Crippen LogP contribution in [-0.2, 0) is 16.3 Å². The van der Waals surface area contributed by atoms with Gasteiger partial charge in [0.15, 0.2) is 27.2 Å². The van der Waals surface area contributed by atoms with Gasteiger partial charge in [0.25, 0.3) is 5.91 Å². The van der Waals surface area contributed by atoms with Crippen LogP contribution in [0.25, 0.3) is 0 Å². The minimum absolute atomic E-state index is 0.0282. The fourth-order valence-electron chi connectivity index (χ4n) is 3.03. The Labute approximate surface area is 164 Å². The van der Waals surface area contributed by atoms with Crippen LogP contribution in [0.3, 0.4) is 0 Å². The topological polar surface area (TPSA) is 130 Å². The highest BCUT2D eigenvalue weighted by Crippen LogP contribution is 2.26. The predicted octanol–water partition coefficient (Wildman–Crippen LogP) is 0.695. The minimum atomic E-state index is -3.36. The Morgan fingerprint density at radius 2 is 2.00 bits per heavy atom. The summed E-state index contributed by atoms with van der Waals surface area (Å²) in [5, 5.41) is 6.31. The summed E-state index contributed by atoms with van der Waals surface area (Å²) in [4.78, 5) is 23.3. The van der Waals surface area contributed by atoms with Crippen LogP contribution in [0.1, 0.15) is 23.1 Å². The number of sulfone groups is 1. The summed E-state index contributed by atoms with van der Waals surface area (Å²) in [6, 6.07) is 6.31. The maximum Gasteiger partial charge on any atom is 0.271 e. The summed E-state index contributed by atoms with van der Waals surface area (Å²) >= 11 is 0. The molecule has 2 heterocycles. The molecular weight excluding hydrogens is 380 g/mol.